The van der Waals surface area contributed by atoms with Crippen molar-refractivity contribution in [2.75, 3.05) is 33.4 Å². The fourth-order valence-corrected chi connectivity index (χ4v) is 4.60. The van der Waals surface area contributed by atoms with Gasteiger partial charge in [-0.1, -0.05) is 41.9 Å². The second-order valence-corrected chi connectivity index (χ2v) is 11.6. The van der Waals surface area contributed by atoms with Gasteiger partial charge in [0.1, 0.15) is 24.0 Å². The second-order valence-electron chi connectivity index (χ2n) is 11.2. The molecule has 1 heterocycles. The first-order valence-corrected chi connectivity index (χ1v) is 14.6. The number of piperidine rings is 1. The number of ether oxygens (including phenoxy) is 4. The van der Waals surface area contributed by atoms with Crippen LogP contribution in [0.25, 0.3) is 0 Å². The summed E-state index contributed by atoms with van der Waals surface area (Å²) < 4.78 is 21.2. The highest BCUT2D eigenvalue weighted by Crippen LogP contribution is 2.27. The Bertz CT molecular complexity index is 1240. The summed E-state index contributed by atoms with van der Waals surface area (Å²) in [6.07, 6.45) is 1.42. The number of amides is 3. The zero-order valence-corrected chi connectivity index (χ0v) is 25.8. The number of carbonyl (C=O) groups is 4. The van der Waals surface area contributed by atoms with Crippen LogP contribution in [-0.2, 0) is 25.6 Å². The van der Waals surface area contributed by atoms with Crippen molar-refractivity contribution < 1.29 is 38.1 Å². The Morgan fingerprint density at radius 3 is 2.37 bits per heavy atom. The number of likely N-dealkylation sites (tertiary alicyclic amines) is 1. The van der Waals surface area contributed by atoms with Crippen molar-refractivity contribution in [3.8, 4) is 5.75 Å². The zero-order chi connectivity index (χ0) is 31.4. The number of halogens is 1. The van der Waals surface area contributed by atoms with E-state index in [9.17, 15) is 19.2 Å². The predicted octanol–water partition coefficient (Wildman–Crippen LogP) is 4.95. The van der Waals surface area contributed by atoms with Gasteiger partial charge in [-0.2, -0.15) is 0 Å². The highest BCUT2D eigenvalue weighted by Gasteiger charge is 2.27. The van der Waals surface area contributed by atoms with Crippen LogP contribution >= 0.6 is 11.6 Å². The Labute approximate surface area is 257 Å². The van der Waals surface area contributed by atoms with Gasteiger partial charge in [-0.3, -0.25) is 4.79 Å². The fourth-order valence-electron chi connectivity index (χ4n) is 4.36. The Balaban J connectivity index is 1.42. The number of benzene rings is 2. The minimum Gasteiger partial charge on any atom is -0.492 e. The van der Waals surface area contributed by atoms with E-state index < -0.39 is 29.6 Å². The van der Waals surface area contributed by atoms with E-state index in [1.54, 1.807) is 29.2 Å². The molecule has 1 atom stereocenters. The third-order valence-corrected chi connectivity index (χ3v) is 7.00. The van der Waals surface area contributed by atoms with Crippen LogP contribution < -0.4 is 15.4 Å². The molecule has 1 aliphatic rings. The van der Waals surface area contributed by atoms with E-state index >= 15 is 0 Å². The molecule has 0 aliphatic carbocycles. The van der Waals surface area contributed by atoms with Gasteiger partial charge in [0.15, 0.2) is 0 Å². The van der Waals surface area contributed by atoms with Gasteiger partial charge >= 0.3 is 18.2 Å². The summed E-state index contributed by atoms with van der Waals surface area (Å²) >= 11 is 6.38. The van der Waals surface area contributed by atoms with Crippen molar-refractivity contribution in [2.45, 2.75) is 58.3 Å². The number of esters is 1. The first kappa shape index (κ1) is 33.5. The third kappa shape index (κ3) is 11.3. The summed E-state index contributed by atoms with van der Waals surface area (Å²) in [5.74, 6) is -0.387. The molecule has 12 heteroatoms. The maximum Gasteiger partial charge on any atom is 0.410 e. The molecule has 1 aliphatic heterocycles. The molecular formula is C31H40ClN3O8. The Hall–Kier alpha value is -3.99. The van der Waals surface area contributed by atoms with Crippen LogP contribution in [0, 0.1) is 5.92 Å². The lowest BCUT2D eigenvalue weighted by Crippen LogP contribution is -2.49. The molecule has 0 spiro atoms. The van der Waals surface area contributed by atoms with Crippen molar-refractivity contribution in [2.24, 2.45) is 5.92 Å². The lowest BCUT2D eigenvalue weighted by Gasteiger charge is -2.33. The van der Waals surface area contributed by atoms with Crippen LogP contribution in [0.4, 0.5) is 9.59 Å². The second kappa shape index (κ2) is 16.0. The maximum atomic E-state index is 12.7. The van der Waals surface area contributed by atoms with Crippen LogP contribution in [0.15, 0.2) is 48.5 Å². The molecular weight excluding hydrogens is 578 g/mol. The van der Waals surface area contributed by atoms with Crippen molar-refractivity contribution in [3.63, 3.8) is 0 Å². The minimum absolute atomic E-state index is 0.0210. The molecule has 2 aromatic carbocycles. The van der Waals surface area contributed by atoms with Crippen molar-refractivity contribution in [1.82, 2.24) is 15.5 Å². The van der Waals surface area contributed by atoms with Crippen molar-refractivity contribution in [3.05, 3.63) is 64.7 Å². The molecule has 0 bridgehead atoms. The summed E-state index contributed by atoms with van der Waals surface area (Å²) in [6.45, 7) is 7.08. The lowest BCUT2D eigenvalue weighted by molar-refractivity contribution is -0.142. The molecule has 11 nitrogen and oxygen atoms in total. The number of rotatable bonds is 11. The molecule has 3 rings (SSSR count). The van der Waals surface area contributed by atoms with E-state index in [0.29, 0.717) is 31.4 Å². The predicted molar refractivity (Wildman–Crippen MR) is 160 cm³/mol. The average molecular weight is 618 g/mol. The quantitative estimate of drug-likeness (QED) is 0.267. The molecule has 43 heavy (non-hydrogen) atoms. The molecule has 0 radical (unpaired) electrons. The molecule has 2 N–H and O–H groups in total. The van der Waals surface area contributed by atoms with E-state index in [-0.39, 0.29) is 29.8 Å². The van der Waals surface area contributed by atoms with E-state index in [1.807, 2.05) is 39.0 Å². The van der Waals surface area contributed by atoms with Crippen LogP contribution in [-0.4, -0.2) is 74.0 Å². The van der Waals surface area contributed by atoms with Crippen molar-refractivity contribution in [1.29, 1.82) is 0 Å². The zero-order valence-electron chi connectivity index (χ0n) is 25.0. The number of nitrogens with zero attached hydrogens (tertiary/aromatic N) is 1. The summed E-state index contributed by atoms with van der Waals surface area (Å²) in [7, 11) is 1.18. The number of alkyl carbamates (subject to hydrolysis) is 1. The van der Waals surface area contributed by atoms with Crippen LogP contribution in [0.5, 0.6) is 5.75 Å². The number of hydrogen-bond acceptors (Lipinski definition) is 8. The monoisotopic (exact) mass is 617 g/mol. The highest BCUT2D eigenvalue weighted by atomic mass is 35.5. The Kier molecular flexibility index (Phi) is 12.5. The molecule has 234 valence electrons. The maximum absolute atomic E-state index is 12.7. The van der Waals surface area contributed by atoms with E-state index in [1.165, 1.54) is 13.2 Å². The topological polar surface area (TPSA) is 132 Å². The van der Waals surface area contributed by atoms with Crippen LogP contribution in [0.2, 0.25) is 5.02 Å². The minimum atomic E-state index is -1.16. The fraction of sp³-hybridized carbons (Fsp3) is 0.484. The third-order valence-electron chi connectivity index (χ3n) is 6.70. The van der Waals surface area contributed by atoms with Gasteiger partial charge in [-0.25, -0.2) is 14.4 Å². The van der Waals surface area contributed by atoms with Gasteiger partial charge < -0.3 is 34.5 Å². The standard InChI is InChI=1S/C31H40ClN3O8/c1-31(2,3)43-30(39)35-15-12-21(13-16-35)14-17-41-26-11-10-23(18-24(26)32)27(36)33-19-25(28(37)40-4)34-29(38)42-20-22-8-6-5-7-9-22/h5-11,18,21,25H,12-17,19-20H2,1-4H3,(H,33,36)(H,34,38). The SMILES string of the molecule is COC(=O)C(CNC(=O)c1ccc(OCCC2CCN(C(=O)OC(C)(C)C)CC2)c(Cl)c1)NC(=O)OCc1ccccc1. The number of nitrogens with one attached hydrogen (secondary N) is 2. The first-order chi connectivity index (χ1) is 20.4. The average Bonchev–Trinajstić information content (AvgIpc) is 2.98. The van der Waals surface area contributed by atoms with Gasteiger partial charge in [0.25, 0.3) is 5.91 Å². The molecule has 0 saturated carbocycles. The van der Waals surface area contributed by atoms with Crippen LogP contribution in [0.3, 0.4) is 0 Å². The Morgan fingerprint density at radius 1 is 1.05 bits per heavy atom. The van der Waals surface area contributed by atoms with Crippen molar-refractivity contribution >= 4 is 35.7 Å². The van der Waals surface area contributed by atoms with Gasteiger partial charge in [0, 0.05) is 25.2 Å². The number of carbonyl (C=O) groups excluding carboxylic acids is 4. The first-order valence-electron chi connectivity index (χ1n) is 14.2. The summed E-state index contributed by atoms with van der Waals surface area (Å²) in [6, 6.07) is 12.5. The summed E-state index contributed by atoms with van der Waals surface area (Å²) in [4.78, 5) is 51.1. The van der Waals surface area contributed by atoms with Gasteiger partial charge in [0.2, 0.25) is 0 Å². The lowest BCUT2D eigenvalue weighted by atomic mass is 9.94. The van der Waals surface area contributed by atoms with Gasteiger partial charge in [0.05, 0.1) is 18.7 Å². The number of hydrogen-bond donors (Lipinski definition) is 2. The van der Waals surface area contributed by atoms with E-state index in [0.717, 1.165) is 24.8 Å². The Morgan fingerprint density at radius 2 is 1.74 bits per heavy atom. The van der Waals surface area contributed by atoms with E-state index in [4.69, 9.17) is 30.5 Å². The molecule has 2 aromatic rings. The summed E-state index contributed by atoms with van der Waals surface area (Å²) in [5.41, 5.74) is 0.520. The summed E-state index contributed by atoms with van der Waals surface area (Å²) in [5, 5.41) is 5.28. The number of methoxy groups -OCH3 is 1. The smallest absolute Gasteiger partial charge is 0.410 e. The molecule has 1 saturated heterocycles. The van der Waals surface area contributed by atoms with Gasteiger partial charge in [-0.05, 0) is 69.7 Å². The molecule has 1 unspecified atom stereocenters. The highest BCUT2D eigenvalue weighted by molar-refractivity contribution is 6.32. The normalized spacial score (nSPS) is 14.3. The van der Waals surface area contributed by atoms with Gasteiger partial charge in [-0.15, -0.1) is 0 Å². The molecule has 1 fully saturated rings. The largest absolute Gasteiger partial charge is 0.492 e. The van der Waals surface area contributed by atoms with Crippen LogP contribution in [0.1, 0.15) is 56.0 Å². The van der Waals surface area contributed by atoms with E-state index in [2.05, 4.69) is 10.6 Å². The molecule has 0 aromatic heterocycles. The molecule has 3 amide bonds.